The number of rotatable bonds is 3. The van der Waals surface area contributed by atoms with Gasteiger partial charge >= 0.3 is 6.09 Å². The number of nitrogens with one attached hydrogen (secondary N) is 2. The lowest BCUT2D eigenvalue weighted by Crippen LogP contribution is -2.39. The molecule has 1 aliphatic rings. The molecule has 1 amide bonds. The van der Waals surface area contributed by atoms with Crippen LogP contribution in [0.3, 0.4) is 0 Å². The molecule has 2 N–H and O–H groups in total. The van der Waals surface area contributed by atoms with E-state index in [-0.39, 0.29) is 12.1 Å². The molecule has 4 nitrogen and oxygen atoms in total. The first kappa shape index (κ1) is 13.9. The van der Waals surface area contributed by atoms with E-state index in [1.165, 1.54) is 0 Å². The third-order valence-electron chi connectivity index (χ3n) is 2.65. The monoisotopic (exact) mass is 238 g/mol. The molecule has 0 aromatic heterocycles. The molecular weight excluding hydrogens is 216 g/mol. The van der Waals surface area contributed by atoms with Crippen LogP contribution in [0.5, 0.6) is 0 Å². The van der Waals surface area contributed by atoms with E-state index in [1.54, 1.807) is 0 Å². The minimum atomic E-state index is -0.441. The van der Waals surface area contributed by atoms with Crippen molar-refractivity contribution in [3.8, 4) is 12.3 Å². The molecule has 96 valence electrons. The summed E-state index contributed by atoms with van der Waals surface area (Å²) in [7, 11) is 0. The van der Waals surface area contributed by atoms with Gasteiger partial charge in [0.1, 0.15) is 5.60 Å². The Morgan fingerprint density at radius 1 is 1.41 bits per heavy atom. The maximum absolute atomic E-state index is 11.5. The molecule has 17 heavy (non-hydrogen) atoms. The van der Waals surface area contributed by atoms with Gasteiger partial charge in [0.25, 0.3) is 0 Å². The molecule has 2 unspecified atom stereocenters. The Labute approximate surface area is 103 Å². The second-order valence-electron chi connectivity index (χ2n) is 5.44. The summed E-state index contributed by atoms with van der Waals surface area (Å²) in [5.74, 6) is 2.56. The van der Waals surface area contributed by atoms with Crippen molar-refractivity contribution in [1.82, 2.24) is 10.6 Å². The van der Waals surface area contributed by atoms with Gasteiger partial charge in [0.15, 0.2) is 0 Å². The number of hydrogen-bond donors (Lipinski definition) is 2. The van der Waals surface area contributed by atoms with Gasteiger partial charge in [-0.3, -0.25) is 0 Å². The van der Waals surface area contributed by atoms with E-state index in [9.17, 15) is 4.79 Å². The van der Waals surface area contributed by atoms with Crippen LogP contribution in [0.2, 0.25) is 0 Å². The fourth-order valence-electron chi connectivity index (χ4n) is 1.98. The van der Waals surface area contributed by atoms with E-state index in [0.717, 1.165) is 19.3 Å². The summed E-state index contributed by atoms with van der Waals surface area (Å²) in [5.41, 5.74) is -0.441. The van der Waals surface area contributed by atoms with Crippen molar-refractivity contribution in [3.05, 3.63) is 0 Å². The molecule has 0 saturated heterocycles. The molecule has 0 bridgehead atoms. The maximum atomic E-state index is 11.5. The molecule has 0 aromatic rings. The van der Waals surface area contributed by atoms with Crippen LogP contribution < -0.4 is 10.6 Å². The lowest BCUT2D eigenvalue weighted by molar-refractivity contribution is 0.0505. The van der Waals surface area contributed by atoms with Gasteiger partial charge in [-0.25, -0.2) is 4.79 Å². The van der Waals surface area contributed by atoms with Crippen LogP contribution in [0.25, 0.3) is 0 Å². The summed E-state index contributed by atoms with van der Waals surface area (Å²) in [6.07, 6.45) is 7.79. The molecular formula is C13H22N2O2. The van der Waals surface area contributed by atoms with Crippen LogP contribution in [0.1, 0.15) is 40.0 Å². The van der Waals surface area contributed by atoms with Crippen LogP contribution in [0.4, 0.5) is 4.79 Å². The molecule has 1 saturated carbocycles. The Balaban J connectivity index is 2.26. The van der Waals surface area contributed by atoms with Gasteiger partial charge in [-0.1, -0.05) is 5.92 Å². The van der Waals surface area contributed by atoms with E-state index in [0.29, 0.717) is 12.6 Å². The molecule has 4 heteroatoms. The smallest absolute Gasteiger partial charge is 0.407 e. The van der Waals surface area contributed by atoms with Gasteiger partial charge in [0.05, 0.1) is 6.54 Å². The molecule has 0 radical (unpaired) electrons. The van der Waals surface area contributed by atoms with Crippen LogP contribution in [-0.2, 0) is 4.74 Å². The number of hydrogen-bond acceptors (Lipinski definition) is 3. The molecule has 1 fully saturated rings. The third kappa shape index (κ3) is 5.60. The van der Waals surface area contributed by atoms with Crippen molar-refractivity contribution >= 4 is 6.09 Å². The topological polar surface area (TPSA) is 50.4 Å². The maximum Gasteiger partial charge on any atom is 0.407 e. The highest BCUT2D eigenvalue weighted by Crippen LogP contribution is 2.19. The van der Waals surface area contributed by atoms with E-state index < -0.39 is 5.60 Å². The van der Waals surface area contributed by atoms with Crippen molar-refractivity contribution in [3.63, 3.8) is 0 Å². The zero-order valence-corrected chi connectivity index (χ0v) is 10.9. The first-order valence-electron chi connectivity index (χ1n) is 6.07. The summed E-state index contributed by atoms with van der Waals surface area (Å²) in [6.45, 7) is 6.17. The highest BCUT2D eigenvalue weighted by molar-refractivity contribution is 5.68. The predicted octanol–water partition coefficient (Wildman–Crippen LogP) is 1.65. The predicted molar refractivity (Wildman–Crippen MR) is 67.6 cm³/mol. The Morgan fingerprint density at radius 3 is 2.65 bits per heavy atom. The van der Waals surface area contributed by atoms with Crippen molar-refractivity contribution in [2.45, 2.75) is 57.7 Å². The number of carbonyl (C=O) groups excluding carboxylic acids is 1. The molecule has 0 aliphatic heterocycles. The third-order valence-corrected chi connectivity index (χ3v) is 2.65. The normalized spacial score (nSPS) is 24.1. The molecule has 1 rings (SSSR count). The molecule has 0 spiro atoms. The SMILES string of the molecule is C#CCNC1CCC(NC(=O)OC(C)(C)C)C1. The van der Waals surface area contributed by atoms with E-state index in [1.807, 2.05) is 20.8 Å². The first-order chi connectivity index (χ1) is 7.90. The first-order valence-corrected chi connectivity index (χ1v) is 6.07. The quantitative estimate of drug-likeness (QED) is 0.735. The standard InChI is InChI=1S/C13H22N2O2/c1-5-8-14-10-6-7-11(9-10)15-12(16)17-13(2,3)4/h1,10-11,14H,6-9H2,2-4H3,(H,15,16). The number of carbonyl (C=O) groups is 1. The van der Waals surface area contributed by atoms with Gasteiger partial charge in [-0.2, -0.15) is 0 Å². The summed E-state index contributed by atoms with van der Waals surface area (Å²) >= 11 is 0. The summed E-state index contributed by atoms with van der Waals surface area (Å²) in [6, 6.07) is 0.603. The van der Waals surface area contributed by atoms with E-state index in [2.05, 4.69) is 16.6 Å². The van der Waals surface area contributed by atoms with Crippen molar-refractivity contribution < 1.29 is 9.53 Å². The van der Waals surface area contributed by atoms with Gasteiger partial charge in [0, 0.05) is 12.1 Å². The zero-order chi connectivity index (χ0) is 12.9. The Kier molecular flexibility index (Phi) is 4.83. The second kappa shape index (κ2) is 5.92. The zero-order valence-electron chi connectivity index (χ0n) is 10.9. The number of alkyl carbamates (subject to hydrolysis) is 1. The molecule has 0 aromatic carbocycles. The van der Waals surface area contributed by atoms with Gasteiger partial charge in [-0.05, 0) is 40.0 Å². The largest absolute Gasteiger partial charge is 0.444 e. The highest BCUT2D eigenvalue weighted by Gasteiger charge is 2.27. The van der Waals surface area contributed by atoms with Crippen molar-refractivity contribution in [2.75, 3.05) is 6.54 Å². The minimum absolute atomic E-state index is 0.195. The van der Waals surface area contributed by atoms with Crippen LogP contribution >= 0.6 is 0 Å². The van der Waals surface area contributed by atoms with E-state index >= 15 is 0 Å². The van der Waals surface area contributed by atoms with Crippen molar-refractivity contribution in [1.29, 1.82) is 0 Å². The summed E-state index contributed by atoms with van der Waals surface area (Å²) in [5, 5.41) is 6.14. The summed E-state index contributed by atoms with van der Waals surface area (Å²) < 4.78 is 5.21. The Hall–Kier alpha value is -1.21. The Bertz CT molecular complexity index is 302. The fourth-order valence-corrected chi connectivity index (χ4v) is 1.98. The van der Waals surface area contributed by atoms with E-state index in [4.69, 9.17) is 11.2 Å². The molecule has 0 heterocycles. The van der Waals surface area contributed by atoms with Gasteiger partial charge in [-0.15, -0.1) is 6.42 Å². The average molecular weight is 238 g/mol. The minimum Gasteiger partial charge on any atom is -0.444 e. The fraction of sp³-hybridized carbons (Fsp3) is 0.769. The van der Waals surface area contributed by atoms with Crippen LogP contribution in [-0.4, -0.2) is 30.3 Å². The number of terminal acetylenes is 1. The van der Waals surface area contributed by atoms with Gasteiger partial charge < -0.3 is 15.4 Å². The van der Waals surface area contributed by atoms with Crippen LogP contribution in [0, 0.1) is 12.3 Å². The second-order valence-corrected chi connectivity index (χ2v) is 5.44. The van der Waals surface area contributed by atoms with Crippen molar-refractivity contribution in [2.24, 2.45) is 0 Å². The lowest BCUT2D eigenvalue weighted by Gasteiger charge is -2.21. The molecule has 1 aliphatic carbocycles. The lowest BCUT2D eigenvalue weighted by atomic mass is 10.2. The molecule has 2 atom stereocenters. The average Bonchev–Trinajstić information content (AvgIpc) is 2.59. The summed E-state index contributed by atoms with van der Waals surface area (Å²) in [4.78, 5) is 11.5. The van der Waals surface area contributed by atoms with Crippen LogP contribution in [0.15, 0.2) is 0 Å². The number of ether oxygens (including phenoxy) is 1. The Morgan fingerprint density at radius 2 is 2.06 bits per heavy atom. The number of amides is 1. The highest BCUT2D eigenvalue weighted by atomic mass is 16.6. The van der Waals surface area contributed by atoms with Gasteiger partial charge in [0.2, 0.25) is 0 Å².